The van der Waals surface area contributed by atoms with Gasteiger partial charge in [-0.15, -0.1) is 0 Å². The standard InChI is InChI=1S/C14H10Cl2FN3/c15-11-2-1-3-12(16)14(11)13-8-18-19-20(13)10-6-4-9(17)5-7-10/h1-7,13H,8H2. The van der Waals surface area contributed by atoms with E-state index in [2.05, 4.69) is 10.3 Å². The molecule has 2 aromatic rings. The summed E-state index contributed by atoms with van der Waals surface area (Å²) in [6, 6.07) is 11.2. The fraction of sp³-hybridized carbons (Fsp3) is 0.143. The van der Waals surface area contributed by atoms with Gasteiger partial charge in [0.15, 0.2) is 0 Å². The van der Waals surface area contributed by atoms with Crippen molar-refractivity contribution in [2.24, 2.45) is 10.3 Å². The van der Waals surface area contributed by atoms with Crippen LogP contribution in [0, 0.1) is 5.82 Å². The summed E-state index contributed by atoms with van der Waals surface area (Å²) in [7, 11) is 0. The molecule has 0 fully saturated rings. The highest BCUT2D eigenvalue weighted by Crippen LogP contribution is 2.38. The fourth-order valence-corrected chi connectivity index (χ4v) is 2.84. The zero-order valence-corrected chi connectivity index (χ0v) is 11.8. The first-order chi connectivity index (χ1) is 9.66. The maximum Gasteiger partial charge on any atom is 0.123 e. The average molecular weight is 310 g/mol. The molecule has 2 aromatic carbocycles. The van der Waals surface area contributed by atoms with E-state index in [4.69, 9.17) is 23.2 Å². The third-order valence-electron chi connectivity index (χ3n) is 3.13. The minimum Gasteiger partial charge on any atom is -0.238 e. The highest BCUT2D eigenvalue weighted by Gasteiger charge is 2.29. The van der Waals surface area contributed by atoms with Crippen LogP contribution in [-0.4, -0.2) is 6.54 Å². The van der Waals surface area contributed by atoms with Crippen LogP contribution in [0.1, 0.15) is 11.6 Å². The zero-order valence-electron chi connectivity index (χ0n) is 10.3. The lowest BCUT2D eigenvalue weighted by molar-refractivity contribution is 0.627. The number of benzene rings is 2. The van der Waals surface area contributed by atoms with Gasteiger partial charge in [-0.2, -0.15) is 5.11 Å². The van der Waals surface area contributed by atoms with Crippen LogP contribution in [0.25, 0.3) is 0 Å². The summed E-state index contributed by atoms with van der Waals surface area (Å²) in [5.74, 6) is -0.294. The van der Waals surface area contributed by atoms with Crippen molar-refractivity contribution in [2.75, 3.05) is 11.6 Å². The molecule has 0 amide bonds. The van der Waals surface area contributed by atoms with E-state index >= 15 is 0 Å². The third kappa shape index (κ3) is 2.37. The molecule has 0 aromatic heterocycles. The zero-order chi connectivity index (χ0) is 14.1. The van der Waals surface area contributed by atoms with Gasteiger partial charge in [-0.25, -0.2) is 9.40 Å². The quantitative estimate of drug-likeness (QED) is 0.762. The van der Waals surface area contributed by atoms with Crippen LogP contribution in [-0.2, 0) is 0 Å². The molecule has 1 aliphatic heterocycles. The molecule has 0 saturated heterocycles. The largest absolute Gasteiger partial charge is 0.238 e. The molecule has 0 N–H and O–H groups in total. The molecule has 3 rings (SSSR count). The second-order valence-electron chi connectivity index (χ2n) is 4.39. The predicted octanol–water partition coefficient (Wildman–Crippen LogP) is 5.06. The van der Waals surface area contributed by atoms with Crippen LogP contribution in [0.2, 0.25) is 10.0 Å². The van der Waals surface area contributed by atoms with E-state index in [0.717, 1.165) is 11.3 Å². The van der Waals surface area contributed by atoms with E-state index in [1.54, 1.807) is 35.3 Å². The third-order valence-corrected chi connectivity index (χ3v) is 3.79. The van der Waals surface area contributed by atoms with Crippen LogP contribution >= 0.6 is 23.2 Å². The minimum absolute atomic E-state index is 0.179. The van der Waals surface area contributed by atoms with Gasteiger partial charge >= 0.3 is 0 Å². The van der Waals surface area contributed by atoms with Crippen LogP contribution in [0.5, 0.6) is 0 Å². The Hall–Kier alpha value is -1.65. The van der Waals surface area contributed by atoms with Gasteiger partial charge in [0.2, 0.25) is 0 Å². The lowest BCUT2D eigenvalue weighted by Gasteiger charge is -2.23. The Balaban J connectivity index is 2.00. The number of halogens is 3. The summed E-state index contributed by atoms with van der Waals surface area (Å²) in [6.07, 6.45) is 0. The van der Waals surface area contributed by atoms with E-state index in [9.17, 15) is 4.39 Å². The molecule has 6 heteroatoms. The summed E-state index contributed by atoms with van der Waals surface area (Å²) in [6.45, 7) is 0.459. The Morgan fingerprint density at radius 2 is 1.70 bits per heavy atom. The Morgan fingerprint density at radius 1 is 1.05 bits per heavy atom. The molecule has 0 radical (unpaired) electrons. The molecule has 3 nitrogen and oxygen atoms in total. The maximum absolute atomic E-state index is 13.0. The van der Waals surface area contributed by atoms with E-state index in [1.807, 2.05) is 0 Å². The van der Waals surface area contributed by atoms with Crippen LogP contribution in [0.3, 0.4) is 0 Å². The topological polar surface area (TPSA) is 28.0 Å². The summed E-state index contributed by atoms with van der Waals surface area (Å²) in [4.78, 5) is 0. The molecular formula is C14H10Cl2FN3. The van der Waals surface area contributed by atoms with E-state index in [1.165, 1.54) is 12.1 Å². The van der Waals surface area contributed by atoms with Gasteiger partial charge in [0, 0.05) is 15.6 Å². The number of hydrogen-bond acceptors (Lipinski definition) is 3. The SMILES string of the molecule is Fc1ccc(N2N=NCC2c2c(Cl)cccc2Cl)cc1. The second-order valence-corrected chi connectivity index (χ2v) is 5.20. The van der Waals surface area contributed by atoms with Crippen LogP contribution in [0.15, 0.2) is 52.8 Å². The highest BCUT2D eigenvalue weighted by atomic mass is 35.5. The Bertz CT molecular complexity index is 638. The molecule has 102 valence electrons. The summed E-state index contributed by atoms with van der Waals surface area (Å²) in [5.41, 5.74) is 1.53. The van der Waals surface area contributed by atoms with Gasteiger partial charge in [-0.3, -0.25) is 0 Å². The molecule has 20 heavy (non-hydrogen) atoms. The Labute approximate surface area is 125 Å². The lowest BCUT2D eigenvalue weighted by Crippen LogP contribution is -2.21. The molecular weight excluding hydrogens is 300 g/mol. The maximum atomic E-state index is 13.0. The van der Waals surface area contributed by atoms with Crippen molar-refractivity contribution < 1.29 is 4.39 Å². The van der Waals surface area contributed by atoms with Gasteiger partial charge < -0.3 is 0 Å². The van der Waals surface area contributed by atoms with Crippen molar-refractivity contribution in [1.82, 2.24) is 0 Å². The average Bonchev–Trinajstić information content (AvgIpc) is 2.88. The fourth-order valence-electron chi connectivity index (χ4n) is 2.19. The highest BCUT2D eigenvalue weighted by molar-refractivity contribution is 6.36. The number of anilines is 1. The molecule has 0 saturated carbocycles. The molecule has 1 unspecified atom stereocenters. The normalized spacial score (nSPS) is 17.8. The number of hydrogen-bond donors (Lipinski definition) is 0. The van der Waals surface area contributed by atoms with E-state index in [0.29, 0.717) is 16.6 Å². The predicted molar refractivity (Wildman–Crippen MR) is 77.8 cm³/mol. The van der Waals surface area contributed by atoms with Crippen LogP contribution in [0.4, 0.5) is 10.1 Å². The molecule has 0 bridgehead atoms. The smallest absolute Gasteiger partial charge is 0.123 e. The first-order valence-corrected chi connectivity index (χ1v) is 6.78. The molecule has 1 atom stereocenters. The molecule has 0 spiro atoms. The van der Waals surface area contributed by atoms with Crippen molar-refractivity contribution in [2.45, 2.75) is 6.04 Å². The van der Waals surface area contributed by atoms with E-state index in [-0.39, 0.29) is 11.9 Å². The molecule has 1 aliphatic rings. The Kier molecular flexibility index (Phi) is 3.59. The van der Waals surface area contributed by atoms with Crippen molar-refractivity contribution in [3.63, 3.8) is 0 Å². The lowest BCUT2D eigenvalue weighted by atomic mass is 10.1. The second kappa shape index (κ2) is 5.38. The van der Waals surface area contributed by atoms with Gasteiger partial charge in [0.05, 0.1) is 12.2 Å². The summed E-state index contributed by atoms with van der Waals surface area (Å²) < 4.78 is 13.0. The molecule has 0 aliphatic carbocycles. The van der Waals surface area contributed by atoms with Crippen molar-refractivity contribution in [1.29, 1.82) is 0 Å². The summed E-state index contributed by atoms with van der Waals surface area (Å²) >= 11 is 12.5. The molecule has 1 heterocycles. The monoisotopic (exact) mass is 309 g/mol. The van der Waals surface area contributed by atoms with Crippen molar-refractivity contribution >= 4 is 28.9 Å². The van der Waals surface area contributed by atoms with Gasteiger partial charge in [0.25, 0.3) is 0 Å². The first-order valence-electron chi connectivity index (χ1n) is 6.03. The van der Waals surface area contributed by atoms with Crippen LogP contribution < -0.4 is 5.01 Å². The van der Waals surface area contributed by atoms with Gasteiger partial charge in [-0.05, 0) is 36.4 Å². The summed E-state index contributed by atoms with van der Waals surface area (Å²) in [5, 5.41) is 11.0. The Morgan fingerprint density at radius 3 is 2.35 bits per heavy atom. The first kappa shape index (κ1) is 13.3. The van der Waals surface area contributed by atoms with Crippen molar-refractivity contribution in [3.05, 3.63) is 63.9 Å². The number of rotatable bonds is 2. The number of nitrogens with zero attached hydrogens (tertiary/aromatic N) is 3. The van der Waals surface area contributed by atoms with E-state index < -0.39 is 0 Å². The van der Waals surface area contributed by atoms with Gasteiger partial charge in [-0.1, -0.05) is 34.5 Å². The minimum atomic E-state index is -0.294. The van der Waals surface area contributed by atoms with Crippen molar-refractivity contribution in [3.8, 4) is 0 Å². The van der Waals surface area contributed by atoms with Gasteiger partial charge in [0.1, 0.15) is 11.9 Å².